The molecular weight excluding hydrogens is 242 g/mol. The van der Waals surface area contributed by atoms with Crippen molar-refractivity contribution >= 4 is 5.97 Å². The van der Waals surface area contributed by atoms with Crippen LogP contribution in [0.3, 0.4) is 0 Å². The number of aliphatic carboxylic acids is 1. The summed E-state index contributed by atoms with van der Waals surface area (Å²) in [5.41, 5.74) is 2.24. The predicted molar refractivity (Wildman–Crippen MR) is 73.6 cm³/mol. The van der Waals surface area contributed by atoms with Gasteiger partial charge in [0.2, 0.25) is 0 Å². The Kier molecular flexibility index (Phi) is 4.43. The highest BCUT2D eigenvalue weighted by molar-refractivity contribution is 5.73. The van der Waals surface area contributed by atoms with Crippen molar-refractivity contribution in [1.29, 1.82) is 0 Å². The van der Waals surface area contributed by atoms with Gasteiger partial charge in [-0.25, -0.2) is 0 Å². The number of para-hydroxylation sites is 1. The van der Waals surface area contributed by atoms with Crippen LogP contribution in [0.15, 0.2) is 18.2 Å². The Bertz CT molecular complexity index is 438. The number of likely N-dealkylation sites (tertiary alicyclic amines) is 1. The van der Waals surface area contributed by atoms with Crippen molar-refractivity contribution in [3.63, 3.8) is 0 Å². The Labute approximate surface area is 114 Å². The van der Waals surface area contributed by atoms with E-state index in [4.69, 9.17) is 9.84 Å². The van der Waals surface area contributed by atoms with Gasteiger partial charge < -0.3 is 9.84 Å². The smallest absolute Gasteiger partial charge is 0.320 e. The van der Waals surface area contributed by atoms with E-state index >= 15 is 0 Å². The molecule has 1 saturated heterocycles. The van der Waals surface area contributed by atoms with E-state index in [0.29, 0.717) is 13.2 Å². The Hall–Kier alpha value is -1.55. The fourth-order valence-electron chi connectivity index (χ4n) is 2.67. The van der Waals surface area contributed by atoms with Gasteiger partial charge in [-0.05, 0) is 44.4 Å². The van der Waals surface area contributed by atoms with E-state index in [9.17, 15) is 4.79 Å². The topological polar surface area (TPSA) is 49.8 Å². The highest BCUT2D eigenvalue weighted by atomic mass is 16.5. The second kappa shape index (κ2) is 6.06. The van der Waals surface area contributed by atoms with E-state index in [2.05, 4.69) is 0 Å². The molecule has 0 aliphatic carbocycles. The molecule has 0 amide bonds. The van der Waals surface area contributed by atoms with Crippen LogP contribution < -0.4 is 4.74 Å². The van der Waals surface area contributed by atoms with Crippen LogP contribution >= 0.6 is 0 Å². The molecule has 1 aliphatic rings. The van der Waals surface area contributed by atoms with Crippen molar-refractivity contribution in [1.82, 2.24) is 4.90 Å². The van der Waals surface area contributed by atoms with Crippen LogP contribution in [0, 0.1) is 13.8 Å². The zero-order chi connectivity index (χ0) is 13.8. The van der Waals surface area contributed by atoms with Crippen LogP contribution in [-0.4, -0.2) is 41.7 Å². The Morgan fingerprint density at radius 3 is 2.74 bits per heavy atom. The third kappa shape index (κ3) is 3.26. The molecule has 0 bridgehead atoms. The quantitative estimate of drug-likeness (QED) is 0.885. The van der Waals surface area contributed by atoms with Gasteiger partial charge in [0.05, 0.1) is 0 Å². The van der Waals surface area contributed by atoms with E-state index in [0.717, 1.165) is 36.3 Å². The average Bonchev–Trinajstić information content (AvgIpc) is 2.81. The molecule has 0 spiro atoms. The number of hydrogen-bond donors (Lipinski definition) is 1. The lowest BCUT2D eigenvalue weighted by atomic mass is 10.1. The minimum absolute atomic E-state index is 0.332. The van der Waals surface area contributed by atoms with E-state index in [-0.39, 0.29) is 6.04 Å². The van der Waals surface area contributed by atoms with E-state index in [1.54, 1.807) is 0 Å². The lowest BCUT2D eigenvalue weighted by Crippen LogP contribution is -2.38. The molecule has 1 aliphatic heterocycles. The van der Waals surface area contributed by atoms with Crippen LogP contribution in [0.5, 0.6) is 5.75 Å². The summed E-state index contributed by atoms with van der Waals surface area (Å²) < 4.78 is 5.82. The summed E-state index contributed by atoms with van der Waals surface area (Å²) in [5, 5.41) is 9.11. The fourth-order valence-corrected chi connectivity index (χ4v) is 2.67. The van der Waals surface area contributed by atoms with E-state index in [1.807, 2.05) is 36.9 Å². The minimum atomic E-state index is -0.718. The van der Waals surface area contributed by atoms with Crippen LogP contribution in [-0.2, 0) is 4.79 Å². The monoisotopic (exact) mass is 263 g/mol. The molecule has 4 nitrogen and oxygen atoms in total. The van der Waals surface area contributed by atoms with E-state index in [1.165, 1.54) is 0 Å². The first-order valence-electron chi connectivity index (χ1n) is 6.75. The number of carboxylic acid groups (broad SMARTS) is 1. The van der Waals surface area contributed by atoms with Crippen molar-refractivity contribution in [2.45, 2.75) is 32.7 Å². The number of ether oxygens (including phenoxy) is 1. The van der Waals surface area contributed by atoms with Crippen molar-refractivity contribution in [2.24, 2.45) is 0 Å². The van der Waals surface area contributed by atoms with Gasteiger partial charge in [0.15, 0.2) is 0 Å². The number of hydrogen-bond acceptors (Lipinski definition) is 3. The molecule has 1 unspecified atom stereocenters. The molecule has 1 N–H and O–H groups in total. The molecule has 1 aromatic rings. The molecule has 4 heteroatoms. The lowest BCUT2D eigenvalue weighted by molar-refractivity contribution is -0.142. The maximum atomic E-state index is 11.1. The number of rotatable bonds is 5. The number of carbonyl (C=O) groups is 1. The predicted octanol–water partition coefficient (Wildman–Crippen LogP) is 2.23. The standard InChI is InChI=1S/C15H21NO3/c1-11-5-3-6-12(2)14(11)19-10-9-16-8-4-7-13(16)15(17)18/h3,5-6,13H,4,7-10H2,1-2H3,(H,17,18). The zero-order valence-corrected chi connectivity index (χ0v) is 11.6. The van der Waals surface area contributed by atoms with Crippen molar-refractivity contribution in [3.05, 3.63) is 29.3 Å². The SMILES string of the molecule is Cc1cccc(C)c1OCCN1CCCC1C(=O)O. The van der Waals surface area contributed by atoms with Crippen LogP contribution in [0.4, 0.5) is 0 Å². The third-order valence-electron chi connectivity index (χ3n) is 3.68. The lowest BCUT2D eigenvalue weighted by Gasteiger charge is -2.21. The summed E-state index contributed by atoms with van der Waals surface area (Å²) in [4.78, 5) is 13.1. The molecule has 0 aromatic heterocycles. The van der Waals surface area contributed by atoms with Gasteiger partial charge in [0.25, 0.3) is 0 Å². The van der Waals surface area contributed by atoms with Crippen molar-refractivity contribution in [2.75, 3.05) is 19.7 Å². The maximum Gasteiger partial charge on any atom is 0.320 e. The van der Waals surface area contributed by atoms with Gasteiger partial charge in [0, 0.05) is 6.54 Å². The summed E-state index contributed by atoms with van der Waals surface area (Å²) in [7, 11) is 0. The second-order valence-electron chi connectivity index (χ2n) is 5.10. The van der Waals surface area contributed by atoms with Crippen LogP contribution in [0.25, 0.3) is 0 Å². The highest BCUT2D eigenvalue weighted by Gasteiger charge is 2.29. The first-order valence-corrected chi connectivity index (χ1v) is 6.75. The summed E-state index contributed by atoms with van der Waals surface area (Å²) in [6.07, 6.45) is 1.71. The summed E-state index contributed by atoms with van der Waals surface area (Å²) in [6, 6.07) is 5.73. The maximum absolute atomic E-state index is 11.1. The molecule has 0 radical (unpaired) electrons. The fraction of sp³-hybridized carbons (Fsp3) is 0.533. The van der Waals surface area contributed by atoms with Gasteiger partial charge in [-0.1, -0.05) is 18.2 Å². The largest absolute Gasteiger partial charge is 0.492 e. The molecular formula is C15H21NO3. The van der Waals surface area contributed by atoms with Gasteiger partial charge in [-0.2, -0.15) is 0 Å². The van der Waals surface area contributed by atoms with E-state index < -0.39 is 5.97 Å². The van der Waals surface area contributed by atoms with Gasteiger partial charge in [-0.15, -0.1) is 0 Å². The van der Waals surface area contributed by atoms with Gasteiger partial charge >= 0.3 is 5.97 Å². The second-order valence-corrected chi connectivity index (χ2v) is 5.10. The molecule has 2 rings (SSSR count). The number of aryl methyl sites for hydroxylation is 2. The Balaban J connectivity index is 1.88. The first-order chi connectivity index (χ1) is 9.09. The Morgan fingerprint density at radius 1 is 1.42 bits per heavy atom. The highest BCUT2D eigenvalue weighted by Crippen LogP contribution is 2.23. The van der Waals surface area contributed by atoms with Gasteiger partial charge in [0.1, 0.15) is 18.4 Å². The zero-order valence-electron chi connectivity index (χ0n) is 11.6. The molecule has 19 heavy (non-hydrogen) atoms. The molecule has 1 aromatic carbocycles. The summed E-state index contributed by atoms with van der Waals surface area (Å²) in [5.74, 6) is 0.207. The number of carboxylic acids is 1. The summed E-state index contributed by atoms with van der Waals surface area (Å²) >= 11 is 0. The first kappa shape index (κ1) is 13.9. The van der Waals surface area contributed by atoms with Crippen molar-refractivity contribution in [3.8, 4) is 5.75 Å². The molecule has 104 valence electrons. The summed E-state index contributed by atoms with van der Waals surface area (Å²) in [6.45, 7) is 6.11. The average molecular weight is 263 g/mol. The molecule has 1 atom stereocenters. The number of nitrogens with zero attached hydrogens (tertiary/aromatic N) is 1. The van der Waals surface area contributed by atoms with Crippen molar-refractivity contribution < 1.29 is 14.6 Å². The molecule has 0 saturated carbocycles. The molecule has 1 fully saturated rings. The Morgan fingerprint density at radius 2 is 2.11 bits per heavy atom. The van der Waals surface area contributed by atoms with Crippen LogP contribution in [0.1, 0.15) is 24.0 Å². The normalized spacial score (nSPS) is 19.6. The third-order valence-corrected chi connectivity index (χ3v) is 3.68. The van der Waals surface area contributed by atoms with Crippen LogP contribution in [0.2, 0.25) is 0 Å². The van der Waals surface area contributed by atoms with Gasteiger partial charge in [-0.3, -0.25) is 9.69 Å². The minimum Gasteiger partial charge on any atom is -0.492 e. The molecule has 1 heterocycles. The number of benzene rings is 1.